The smallest absolute Gasteiger partial charge is 0.251 e. The first-order valence-corrected chi connectivity index (χ1v) is 6.70. The second-order valence-corrected chi connectivity index (χ2v) is 4.90. The minimum absolute atomic E-state index is 0.126. The van der Waals surface area contributed by atoms with Crippen molar-refractivity contribution in [2.75, 3.05) is 6.61 Å². The third-order valence-corrected chi connectivity index (χ3v) is 3.50. The van der Waals surface area contributed by atoms with Crippen LogP contribution >= 0.6 is 0 Å². The predicted octanol–water partition coefficient (Wildman–Crippen LogP) is 2.35. The molecular weight excluding hydrogens is 270 g/mol. The standard InChI is InChI=1S/C16H15NO4/c18-13-6-5-10(9-14(13)19)16(20)17-12-7-8-21-15-4-2-1-3-11(12)15/h1-6,9,12,18-19H,7-8H2,(H,17,20). The van der Waals surface area contributed by atoms with E-state index in [1.54, 1.807) is 0 Å². The summed E-state index contributed by atoms with van der Waals surface area (Å²) in [5.74, 6) is -0.0763. The van der Waals surface area contributed by atoms with E-state index in [4.69, 9.17) is 4.74 Å². The molecule has 0 saturated heterocycles. The van der Waals surface area contributed by atoms with Gasteiger partial charge in [-0.05, 0) is 24.3 Å². The van der Waals surface area contributed by atoms with Crippen molar-refractivity contribution in [3.05, 3.63) is 53.6 Å². The third kappa shape index (κ3) is 2.63. The van der Waals surface area contributed by atoms with Crippen LogP contribution in [0, 0.1) is 0 Å². The van der Waals surface area contributed by atoms with Gasteiger partial charge in [-0.15, -0.1) is 0 Å². The molecule has 3 N–H and O–H groups in total. The lowest BCUT2D eigenvalue weighted by molar-refractivity contribution is 0.0924. The highest BCUT2D eigenvalue weighted by atomic mass is 16.5. The molecule has 1 aliphatic rings. The molecule has 21 heavy (non-hydrogen) atoms. The molecule has 1 aliphatic heterocycles. The van der Waals surface area contributed by atoms with Gasteiger partial charge in [0.05, 0.1) is 12.6 Å². The van der Waals surface area contributed by atoms with Crippen molar-refractivity contribution in [3.63, 3.8) is 0 Å². The summed E-state index contributed by atoms with van der Waals surface area (Å²) in [7, 11) is 0. The molecule has 2 aromatic carbocycles. The van der Waals surface area contributed by atoms with Gasteiger partial charge in [0.1, 0.15) is 5.75 Å². The fourth-order valence-corrected chi connectivity index (χ4v) is 2.40. The van der Waals surface area contributed by atoms with Crippen LogP contribution in [0.3, 0.4) is 0 Å². The number of phenols is 2. The average Bonchev–Trinajstić information content (AvgIpc) is 2.50. The molecule has 0 aromatic heterocycles. The minimum Gasteiger partial charge on any atom is -0.504 e. The Kier molecular flexibility index (Phi) is 3.39. The lowest BCUT2D eigenvalue weighted by atomic mass is 10.00. The highest BCUT2D eigenvalue weighted by Crippen LogP contribution is 2.32. The van der Waals surface area contributed by atoms with E-state index >= 15 is 0 Å². The largest absolute Gasteiger partial charge is 0.504 e. The number of hydrogen-bond acceptors (Lipinski definition) is 4. The van der Waals surface area contributed by atoms with Gasteiger partial charge in [0.15, 0.2) is 11.5 Å². The van der Waals surface area contributed by atoms with Crippen molar-refractivity contribution >= 4 is 5.91 Å². The molecule has 2 aromatic rings. The number of aromatic hydroxyl groups is 2. The Labute approximate surface area is 121 Å². The number of rotatable bonds is 2. The van der Waals surface area contributed by atoms with Crippen molar-refractivity contribution in [1.29, 1.82) is 0 Å². The van der Waals surface area contributed by atoms with E-state index in [2.05, 4.69) is 5.32 Å². The zero-order chi connectivity index (χ0) is 14.8. The van der Waals surface area contributed by atoms with E-state index in [0.29, 0.717) is 18.6 Å². The lowest BCUT2D eigenvalue weighted by Gasteiger charge is -2.26. The van der Waals surface area contributed by atoms with E-state index < -0.39 is 0 Å². The molecule has 0 radical (unpaired) electrons. The van der Waals surface area contributed by atoms with Crippen LogP contribution in [0.25, 0.3) is 0 Å². The van der Waals surface area contributed by atoms with Gasteiger partial charge in [0.25, 0.3) is 5.91 Å². The molecule has 5 nitrogen and oxygen atoms in total. The van der Waals surface area contributed by atoms with Crippen LogP contribution in [0.15, 0.2) is 42.5 Å². The number of para-hydroxylation sites is 1. The Balaban J connectivity index is 1.81. The van der Waals surface area contributed by atoms with Crippen LogP contribution in [0.4, 0.5) is 0 Å². The molecule has 0 bridgehead atoms. The third-order valence-electron chi connectivity index (χ3n) is 3.50. The maximum Gasteiger partial charge on any atom is 0.251 e. The Morgan fingerprint density at radius 2 is 1.95 bits per heavy atom. The number of fused-ring (bicyclic) bond motifs is 1. The summed E-state index contributed by atoms with van der Waals surface area (Å²) < 4.78 is 5.55. The number of benzene rings is 2. The maximum atomic E-state index is 12.2. The summed E-state index contributed by atoms with van der Waals surface area (Å²) in [5, 5.41) is 21.7. The Bertz CT molecular complexity index is 684. The first kappa shape index (κ1) is 13.3. The first-order valence-electron chi connectivity index (χ1n) is 6.70. The summed E-state index contributed by atoms with van der Waals surface area (Å²) in [6, 6.07) is 11.5. The molecule has 0 aliphatic carbocycles. The van der Waals surface area contributed by atoms with Crippen molar-refractivity contribution in [1.82, 2.24) is 5.32 Å². The number of nitrogens with one attached hydrogen (secondary N) is 1. The van der Waals surface area contributed by atoms with Gasteiger partial charge < -0.3 is 20.3 Å². The van der Waals surface area contributed by atoms with Crippen LogP contribution < -0.4 is 10.1 Å². The first-order chi connectivity index (χ1) is 10.1. The second kappa shape index (κ2) is 5.36. The van der Waals surface area contributed by atoms with Crippen LogP contribution in [0.1, 0.15) is 28.4 Å². The molecule has 1 unspecified atom stereocenters. The Hall–Kier alpha value is -2.69. The van der Waals surface area contributed by atoms with Gasteiger partial charge in [0, 0.05) is 17.5 Å². The number of amides is 1. The highest BCUT2D eigenvalue weighted by molar-refractivity contribution is 5.95. The molecule has 1 heterocycles. The number of carbonyl (C=O) groups excluding carboxylic acids is 1. The number of phenolic OH excluding ortho intramolecular Hbond substituents is 2. The van der Waals surface area contributed by atoms with Crippen molar-refractivity contribution in [2.45, 2.75) is 12.5 Å². The summed E-state index contributed by atoms with van der Waals surface area (Å²) >= 11 is 0. The SMILES string of the molecule is O=C(NC1CCOc2ccccc21)c1ccc(O)c(O)c1. The Morgan fingerprint density at radius 3 is 2.76 bits per heavy atom. The number of carbonyl (C=O) groups is 1. The normalized spacial score (nSPS) is 16.7. The fourth-order valence-electron chi connectivity index (χ4n) is 2.40. The topological polar surface area (TPSA) is 78.8 Å². The average molecular weight is 285 g/mol. The van der Waals surface area contributed by atoms with Crippen molar-refractivity contribution in [3.8, 4) is 17.2 Å². The van der Waals surface area contributed by atoms with E-state index in [1.807, 2.05) is 24.3 Å². The summed E-state index contributed by atoms with van der Waals surface area (Å²) in [6.07, 6.45) is 0.687. The van der Waals surface area contributed by atoms with Crippen molar-refractivity contribution in [2.24, 2.45) is 0 Å². The number of hydrogen-bond donors (Lipinski definition) is 3. The van der Waals surface area contributed by atoms with Crippen LogP contribution in [0.5, 0.6) is 17.2 Å². The van der Waals surface area contributed by atoms with Gasteiger partial charge in [-0.3, -0.25) is 4.79 Å². The Morgan fingerprint density at radius 1 is 1.14 bits per heavy atom. The van der Waals surface area contributed by atoms with Crippen LogP contribution in [0.2, 0.25) is 0 Å². The van der Waals surface area contributed by atoms with Gasteiger partial charge in [-0.2, -0.15) is 0 Å². The molecule has 108 valence electrons. The van der Waals surface area contributed by atoms with E-state index in [1.165, 1.54) is 18.2 Å². The predicted molar refractivity (Wildman–Crippen MR) is 76.5 cm³/mol. The van der Waals surface area contributed by atoms with Gasteiger partial charge in [0.2, 0.25) is 0 Å². The van der Waals surface area contributed by atoms with E-state index in [9.17, 15) is 15.0 Å². The highest BCUT2D eigenvalue weighted by Gasteiger charge is 2.23. The van der Waals surface area contributed by atoms with Crippen molar-refractivity contribution < 1.29 is 19.7 Å². The molecule has 0 saturated carbocycles. The molecular formula is C16H15NO4. The lowest BCUT2D eigenvalue weighted by Crippen LogP contribution is -2.32. The summed E-state index contributed by atoms with van der Waals surface area (Å²) in [5.41, 5.74) is 1.24. The zero-order valence-corrected chi connectivity index (χ0v) is 11.2. The maximum absolute atomic E-state index is 12.2. The van der Waals surface area contributed by atoms with Gasteiger partial charge in [-0.1, -0.05) is 18.2 Å². The molecule has 1 atom stereocenters. The van der Waals surface area contributed by atoms with E-state index in [0.717, 1.165) is 11.3 Å². The molecule has 1 amide bonds. The zero-order valence-electron chi connectivity index (χ0n) is 11.2. The molecule has 3 rings (SSSR count). The molecule has 0 fully saturated rings. The number of ether oxygens (including phenoxy) is 1. The van der Waals surface area contributed by atoms with Crippen LogP contribution in [-0.2, 0) is 0 Å². The molecule has 0 spiro atoms. The summed E-state index contributed by atoms with van der Waals surface area (Å²) in [6.45, 7) is 0.544. The fraction of sp³-hybridized carbons (Fsp3) is 0.188. The quantitative estimate of drug-likeness (QED) is 0.740. The van der Waals surface area contributed by atoms with Gasteiger partial charge >= 0.3 is 0 Å². The monoisotopic (exact) mass is 285 g/mol. The summed E-state index contributed by atoms with van der Waals surface area (Å²) in [4.78, 5) is 12.2. The van der Waals surface area contributed by atoms with E-state index in [-0.39, 0.29) is 23.4 Å². The van der Waals surface area contributed by atoms with Gasteiger partial charge in [-0.25, -0.2) is 0 Å². The minimum atomic E-state index is -0.310. The van der Waals surface area contributed by atoms with Crippen LogP contribution in [-0.4, -0.2) is 22.7 Å². The molecule has 5 heteroatoms. The second-order valence-electron chi connectivity index (χ2n) is 4.90.